The number of halogens is 1. The molecule has 4 aromatic rings. The molecule has 0 spiro atoms. The van der Waals surface area contributed by atoms with E-state index in [0.29, 0.717) is 23.6 Å². The van der Waals surface area contributed by atoms with Crippen LogP contribution in [0.25, 0.3) is 22.2 Å². The Labute approximate surface area is 158 Å². The summed E-state index contributed by atoms with van der Waals surface area (Å²) in [5.74, 6) is 0.396. The maximum atomic E-state index is 9.12. The van der Waals surface area contributed by atoms with Gasteiger partial charge in [0, 0.05) is 18.0 Å². The van der Waals surface area contributed by atoms with E-state index in [0.717, 1.165) is 26.6 Å². The number of nitrogens with zero attached hydrogens (tertiary/aromatic N) is 5. The molecule has 0 saturated carbocycles. The van der Waals surface area contributed by atoms with Gasteiger partial charge in [-0.05, 0) is 40.2 Å². The lowest BCUT2D eigenvalue weighted by Crippen LogP contribution is -2.01. The standard InChI is InChI=1S/C19H13BrN6/c20-16-17(13-5-3-4-12(8-13)9-21)24-19(22)15-11-26(25-18(15)16)10-14-6-1-2-7-23-14/h1-8,11H,10H2,(H2,22,24). The van der Waals surface area contributed by atoms with Crippen molar-refractivity contribution in [1.82, 2.24) is 19.7 Å². The van der Waals surface area contributed by atoms with Gasteiger partial charge in [-0.1, -0.05) is 18.2 Å². The van der Waals surface area contributed by atoms with Gasteiger partial charge in [0.2, 0.25) is 0 Å². The summed E-state index contributed by atoms with van der Waals surface area (Å²) in [5, 5.41) is 14.5. The fourth-order valence-corrected chi connectivity index (χ4v) is 3.39. The van der Waals surface area contributed by atoms with Crippen molar-refractivity contribution in [3.8, 4) is 17.3 Å². The van der Waals surface area contributed by atoms with Crippen LogP contribution < -0.4 is 5.73 Å². The van der Waals surface area contributed by atoms with E-state index in [2.05, 4.69) is 37.1 Å². The molecule has 0 unspecified atom stereocenters. The molecular formula is C19H13BrN6. The molecule has 3 heterocycles. The Balaban J connectivity index is 1.82. The predicted molar refractivity (Wildman–Crippen MR) is 103 cm³/mol. The van der Waals surface area contributed by atoms with Crippen LogP contribution in [-0.4, -0.2) is 19.7 Å². The highest BCUT2D eigenvalue weighted by molar-refractivity contribution is 9.10. The SMILES string of the molecule is N#Cc1cccc(-c2nc(N)c3cn(Cc4ccccn4)nc3c2Br)c1. The molecule has 0 radical (unpaired) electrons. The maximum Gasteiger partial charge on any atom is 0.135 e. The lowest BCUT2D eigenvalue weighted by molar-refractivity contribution is 0.680. The quantitative estimate of drug-likeness (QED) is 0.560. The summed E-state index contributed by atoms with van der Waals surface area (Å²) in [5.41, 5.74) is 9.85. The zero-order valence-corrected chi connectivity index (χ0v) is 15.2. The molecule has 6 nitrogen and oxygen atoms in total. The third-order valence-corrected chi connectivity index (χ3v) is 4.75. The fraction of sp³-hybridized carbons (Fsp3) is 0.0526. The first-order valence-corrected chi connectivity index (χ1v) is 8.67. The third kappa shape index (κ3) is 2.91. The number of rotatable bonds is 3. The van der Waals surface area contributed by atoms with Gasteiger partial charge in [0.15, 0.2) is 0 Å². The zero-order chi connectivity index (χ0) is 18.1. The van der Waals surface area contributed by atoms with Gasteiger partial charge in [-0.3, -0.25) is 9.67 Å². The second-order valence-corrected chi connectivity index (χ2v) is 6.56. The molecule has 3 aromatic heterocycles. The van der Waals surface area contributed by atoms with Gasteiger partial charge in [0.25, 0.3) is 0 Å². The summed E-state index contributed by atoms with van der Waals surface area (Å²) in [6, 6.07) is 15.2. The first kappa shape index (κ1) is 16.2. The summed E-state index contributed by atoms with van der Waals surface area (Å²) < 4.78 is 2.54. The summed E-state index contributed by atoms with van der Waals surface area (Å²) >= 11 is 3.61. The highest BCUT2D eigenvalue weighted by Gasteiger charge is 2.16. The van der Waals surface area contributed by atoms with Crippen molar-refractivity contribution in [3.05, 3.63) is 70.6 Å². The average Bonchev–Trinajstić information content (AvgIpc) is 3.10. The van der Waals surface area contributed by atoms with Crippen LogP contribution in [0.15, 0.2) is 59.3 Å². The van der Waals surface area contributed by atoms with Crippen LogP contribution in [0.4, 0.5) is 5.82 Å². The molecular weight excluding hydrogens is 392 g/mol. The van der Waals surface area contributed by atoms with Gasteiger partial charge in [0.05, 0.1) is 39.4 Å². The molecule has 26 heavy (non-hydrogen) atoms. The minimum Gasteiger partial charge on any atom is -0.383 e. The molecule has 0 amide bonds. The van der Waals surface area contributed by atoms with Crippen molar-refractivity contribution in [1.29, 1.82) is 5.26 Å². The highest BCUT2D eigenvalue weighted by Crippen LogP contribution is 2.35. The van der Waals surface area contributed by atoms with Gasteiger partial charge in [0.1, 0.15) is 11.3 Å². The van der Waals surface area contributed by atoms with Crippen LogP contribution in [0.1, 0.15) is 11.3 Å². The molecule has 0 aliphatic carbocycles. The second kappa shape index (κ2) is 6.58. The van der Waals surface area contributed by atoms with Crippen LogP contribution in [0.2, 0.25) is 0 Å². The third-order valence-electron chi connectivity index (χ3n) is 4.00. The molecule has 4 rings (SSSR count). The lowest BCUT2D eigenvalue weighted by atomic mass is 10.1. The number of anilines is 1. The fourth-order valence-electron chi connectivity index (χ4n) is 2.78. The van der Waals surface area contributed by atoms with E-state index in [1.165, 1.54) is 0 Å². The Morgan fingerprint density at radius 2 is 2.08 bits per heavy atom. The van der Waals surface area contributed by atoms with Crippen LogP contribution in [-0.2, 0) is 6.54 Å². The molecule has 0 aliphatic heterocycles. The van der Waals surface area contributed by atoms with E-state index in [1.54, 1.807) is 23.0 Å². The van der Waals surface area contributed by atoms with Crippen molar-refractivity contribution in [2.75, 3.05) is 5.73 Å². The number of hydrogen-bond donors (Lipinski definition) is 1. The lowest BCUT2D eigenvalue weighted by Gasteiger charge is -2.06. The Kier molecular flexibility index (Phi) is 4.11. The molecule has 126 valence electrons. The normalized spacial score (nSPS) is 10.8. The molecule has 7 heteroatoms. The predicted octanol–water partition coefficient (Wildman–Crippen LogP) is 3.76. The van der Waals surface area contributed by atoms with Crippen LogP contribution in [0, 0.1) is 11.3 Å². The minimum absolute atomic E-state index is 0.396. The number of benzene rings is 1. The molecule has 1 aromatic carbocycles. The smallest absolute Gasteiger partial charge is 0.135 e. The highest BCUT2D eigenvalue weighted by atomic mass is 79.9. The summed E-state index contributed by atoms with van der Waals surface area (Å²) in [6.45, 7) is 0.542. The minimum atomic E-state index is 0.396. The van der Waals surface area contributed by atoms with Crippen molar-refractivity contribution in [2.24, 2.45) is 0 Å². The van der Waals surface area contributed by atoms with Crippen LogP contribution in [0.5, 0.6) is 0 Å². The first-order valence-electron chi connectivity index (χ1n) is 7.88. The average molecular weight is 405 g/mol. The van der Waals surface area contributed by atoms with E-state index in [-0.39, 0.29) is 0 Å². The Morgan fingerprint density at radius 3 is 2.85 bits per heavy atom. The van der Waals surface area contributed by atoms with E-state index in [9.17, 15) is 0 Å². The molecule has 0 fully saturated rings. The topological polar surface area (TPSA) is 93.4 Å². The van der Waals surface area contributed by atoms with E-state index in [1.807, 2.05) is 36.5 Å². The summed E-state index contributed by atoms with van der Waals surface area (Å²) in [6.07, 6.45) is 3.62. The molecule has 0 saturated heterocycles. The Hall–Kier alpha value is -3.24. The number of nitriles is 1. The Morgan fingerprint density at radius 1 is 1.19 bits per heavy atom. The van der Waals surface area contributed by atoms with E-state index >= 15 is 0 Å². The van der Waals surface area contributed by atoms with Crippen molar-refractivity contribution < 1.29 is 0 Å². The van der Waals surface area contributed by atoms with Crippen molar-refractivity contribution >= 4 is 32.7 Å². The van der Waals surface area contributed by atoms with E-state index in [4.69, 9.17) is 11.0 Å². The Bertz CT molecular complexity index is 1140. The molecule has 0 bridgehead atoms. The zero-order valence-electron chi connectivity index (χ0n) is 13.6. The van der Waals surface area contributed by atoms with Gasteiger partial charge < -0.3 is 5.73 Å². The van der Waals surface area contributed by atoms with Crippen molar-refractivity contribution in [2.45, 2.75) is 6.54 Å². The van der Waals surface area contributed by atoms with Gasteiger partial charge in [-0.25, -0.2) is 4.98 Å². The number of hydrogen-bond acceptors (Lipinski definition) is 5. The number of fused-ring (bicyclic) bond motifs is 1. The largest absolute Gasteiger partial charge is 0.383 e. The van der Waals surface area contributed by atoms with Gasteiger partial charge in [-0.2, -0.15) is 10.4 Å². The molecule has 0 atom stereocenters. The number of nitrogen functional groups attached to an aromatic ring is 1. The second-order valence-electron chi connectivity index (χ2n) is 5.76. The molecule has 0 aliphatic rings. The van der Waals surface area contributed by atoms with Crippen LogP contribution in [0.3, 0.4) is 0 Å². The number of pyridine rings is 2. The molecule has 2 N–H and O–H groups in total. The summed E-state index contributed by atoms with van der Waals surface area (Å²) in [4.78, 5) is 8.84. The monoisotopic (exact) mass is 404 g/mol. The van der Waals surface area contributed by atoms with Gasteiger partial charge >= 0.3 is 0 Å². The van der Waals surface area contributed by atoms with Gasteiger partial charge in [-0.15, -0.1) is 0 Å². The van der Waals surface area contributed by atoms with Crippen LogP contribution >= 0.6 is 15.9 Å². The van der Waals surface area contributed by atoms with Crippen molar-refractivity contribution in [3.63, 3.8) is 0 Å². The first-order chi connectivity index (χ1) is 12.7. The van der Waals surface area contributed by atoms with E-state index < -0.39 is 0 Å². The number of aromatic nitrogens is 4. The number of nitrogens with two attached hydrogens (primary N) is 1. The summed E-state index contributed by atoms with van der Waals surface area (Å²) in [7, 11) is 0. The maximum absolute atomic E-state index is 9.12.